The van der Waals surface area contributed by atoms with Gasteiger partial charge in [0.05, 0.1) is 23.7 Å². The van der Waals surface area contributed by atoms with E-state index in [-0.39, 0.29) is 47.4 Å². The molecule has 3 aromatic rings. The van der Waals surface area contributed by atoms with Gasteiger partial charge in [0.25, 0.3) is 0 Å². The Morgan fingerprint density at radius 3 is 1.67 bits per heavy atom. The number of phenolic OH excluding ortho intramolecular Hbond substituents is 1. The van der Waals surface area contributed by atoms with E-state index in [1.54, 1.807) is 9.80 Å². The highest BCUT2D eigenvalue weighted by Gasteiger charge is 2.63. The lowest BCUT2D eigenvalue weighted by molar-refractivity contribution is -0.146. The van der Waals surface area contributed by atoms with E-state index in [0.717, 1.165) is 57.7 Å². The summed E-state index contributed by atoms with van der Waals surface area (Å²) in [4.78, 5) is 66.0. The van der Waals surface area contributed by atoms with Crippen molar-refractivity contribution in [2.45, 2.75) is 76.5 Å². The number of carbonyl (C=O) groups is 4. The van der Waals surface area contributed by atoms with Crippen molar-refractivity contribution in [3.8, 4) is 5.75 Å². The number of aromatic hydroxyl groups is 1. The molecule has 0 unspecified atom stereocenters. The van der Waals surface area contributed by atoms with Crippen molar-refractivity contribution >= 4 is 23.6 Å². The molecular weight excluding hydrogens is 677 g/mol. The van der Waals surface area contributed by atoms with Gasteiger partial charge in [-0.15, -0.1) is 0 Å². The van der Waals surface area contributed by atoms with Crippen LogP contribution in [0.4, 0.5) is 0 Å². The molecule has 6 aliphatic rings. The first kappa shape index (κ1) is 35.1. The number of carbonyl (C=O) groups excluding carboxylic acids is 4. The van der Waals surface area contributed by atoms with Gasteiger partial charge in [-0.2, -0.15) is 0 Å². The van der Waals surface area contributed by atoms with Gasteiger partial charge >= 0.3 is 0 Å². The molecule has 1 saturated carbocycles. The summed E-state index contributed by atoms with van der Waals surface area (Å²) in [5.74, 6) is -3.54. The van der Waals surface area contributed by atoms with Crippen molar-refractivity contribution in [1.82, 2.24) is 19.6 Å². The van der Waals surface area contributed by atoms with E-state index in [2.05, 4.69) is 52.3 Å². The number of aryl methyl sites for hydroxylation is 1. The van der Waals surface area contributed by atoms with Crippen molar-refractivity contribution in [2.24, 2.45) is 29.6 Å². The van der Waals surface area contributed by atoms with Crippen LogP contribution in [0.3, 0.4) is 0 Å². The highest BCUT2D eigenvalue weighted by atomic mass is 16.3. The number of fused-ring (bicyclic) bond motifs is 4. The summed E-state index contributed by atoms with van der Waals surface area (Å²) < 4.78 is 0. The fourth-order valence-corrected chi connectivity index (χ4v) is 11.0. The van der Waals surface area contributed by atoms with Crippen molar-refractivity contribution in [3.05, 3.63) is 113 Å². The van der Waals surface area contributed by atoms with Crippen LogP contribution < -0.4 is 0 Å². The van der Waals surface area contributed by atoms with Crippen molar-refractivity contribution in [2.75, 3.05) is 26.2 Å². The molecule has 0 aromatic heterocycles. The third kappa shape index (κ3) is 6.00. The van der Waals surface area contributed by atoms with Gasteiger partial charge in [-0.3, -0.25) is 38.8 Å². The summed E-state index contributed by atoms with van der Waals surface area (Å²) >= 11 is 0. The maximum absolute atomic E-state index is 14.7. The van der Waals surface area contributed by atoms with Crippen LogP contribution in [0.2, 0.25) is 0 Å². The van der Waals surface area contributed by atoms with Gasteiger partial charge in [-0.05, 0) is 68.1 Å². The van der Waals surface area contributed by atoms with E-state index < -0.39 is 29.6 Å². The van der Waals surface area contributed by atoms with Crippen molar-refractivity contribution in [3.63, 3.8) is 0 Å². The molecule has 4 heterocycles. The molecule has 0 bridgehead atoms. The summed E-state index contributed by atoms with van der Waals surface area (Å²) in [7, 11) is 0. The molecule has 2 aliphatic carbocycles. The number of rotatable bonds is 7. The Labute approximate surface area is 317 Å². The van der Waals surface area contributed by atoms with Gasteiger partial charge in [0.15, 0.2) is 0 Å². The Bertz CT molecular complexity index is 1970. The van der Waals surface area contributed by atoms with Gasteiger partial charge in [0.1, 0.15) is 5.75 Å². The van der Waals surface area contributed by atoms with E-state index in [0.29, 0.717) is 36.8 Å². The molecule has 280 valence electrons. The minimum absolute atomic E-state index is 0.0865. The average Bonchev–Trinajstić information content (AvgIpc) is 3.60. The van der Waals surface area contributed by atoms with Crippen LogP contribution in [-0.4, -0.2) is 86.6 Å². The molecular formula is C45H50N4O5. The maximum atomic E-state index is 14.7. The second-order valence-corrected chi connectivity index (χ2v) is 16.6. The molecule has 54 heavy (non-hydrogen) atoms. The first-order chi connectivity index (χ1) is 26.3. The third-order valence-electron chi connectivity index (χ3n) is 13.7. The summed E-state index contributed by atoms with van der Waals surface area (Å²) in [6.45, 7) is 6.75. The Morgan fingerprint density at radius 1 is 0.593 bits per heavy atom. The second-order valence-electron chi connectivity index (χ2n) is 16.6. The van der Waals surface area contributed by atoms with Gasteiger partial charge in [-0.25, -0.2) is 0 Å². The van der Waals surface area contributed by atoms with E-state index >= 15 is 0 Å². The molecule has 0 spiro atoms. The number of hydrogen-bond donors (Lipinski definition) is 1. The van der Waals surface area contributed by atoms with Crippen LogP contribution >= 0.6 is 0 Å². The zero-order valence-corrected chi connectivity index (χ0v) is 31.1. The van der Waals surface area contributed by atoms with Crippen LogP contribution in [0.1, 0.15) is 66.7 Å². The normalized spacial score (nSPS) is 29.7. The number of benzene rings is 3. The van der Waals surface area contributed by atoms with Crippen LogP contribution in [0, 0.1) is 36.5 Å². The van der Waals surface area contributed by atoms with Crippen molar-refractivity contribution < 1.29 is 24.3 Å². The van der Waals surface area contributed by atoms with E-state index in [9.17, 15) is 24.3 Å². The molecule has 9 heteroatoms. The molecule has 4 aliphatic heterocycles. The fraction of sp³-hybridized carbons (Fsp3) is 0.467. The van der Waals surface area contributed by atoms with Gasteiger partial charge in [0.2, 0.25) is 23.6 Å². The third-order valence-corrected chi connectivity index (χ3v) is 13.7. The number of likely N-dealkylation sites (tertiary alicyclic amines) is 4. The van der Waals surface area contributed by atoms with Crippen LogP contribution in [0.25, 0.3) is 0 Å². The largest absolute Gasteiger partial charge is 0.507 e. The molecule has 1 N–H and O–H groups in total. The highest BCUT2D eigenvalue weighted by molar-refractivity contribution is 6.08. The number of hydrogen-bond acceptors (Lipinski definition) is 7. The summed E-state index contributed by atoms with van der Waals surface area (Å²) in [6, 6.07) is 26.0. The minimum Gasteiger partial charge on any atom is -0.507 e. The molecule has 4 amide bonds. The summed E-state index contributed by atoms with van der Waals surface area (Å²) in [5.41, 5.74) is 4.79. The van der Waals surface area contributed by atoms with Gasteiger partial charge in [0, 0.05) is 62.8 Å². The lowest BCUT2D eigenvalue weighted by atomic mass is 9.57. The van der Waals surface area contributed by atoms with Crippen LogP contribution in [-0.2, 0) is 32.3 Å². The van der Waals surface area contributed by atoms with E-state index in [1.165, 1.54) is 11.1 Å². The SMILES string of the molecule is Cc1cccc([C@H]2C3=CC[C@@H]4C(=O)N(C5CCN(Cc6ccccc6)CC5)C(=O)[C@@H]4[C@@H]3C[C@H]3C(=O)N(C4CCN(Cc5ccccc5)CC4)C(=O)[C@@H]23)c1O. The number of nitrogens with zero attached hydrogens (tertiary/aromatic N) is 4. The number of phenols is 1. The Balaban J connectivity index is 0.969. The predicted octanol–water partition coefficient (Wildman–Crippen LogP) is 5.67. The minimum atomic E-state index is -0.649. The lowest BCUT2D eigenvalue weighted by Crippen LogP contribution is -2.48. The Morgan fingerprint density at radius 2 is 1.11 bits per heavy atom. The monoisotopic (exact) mass is 726 g/mol. The topological polar surface area (TPSA) is 101 Å². The predicted molar refractivity (Wildman–Crippen MR) is 204 cm³/mol. The van der Waals surface area contributed by atoms with Gasteiger partial charge < -0.3 is 5.11 Å². The zero-order valence-electron chi connectivity index (χ0n) is 31.1. The van der Waals surface area contributed by atoms with Gasteiger partial charge in [-0.1, -0.05) is 90.5 Å². The fourth-order valence-electron chi connectivity index (χ4n) is 11.0. The molecule has 3 aromatic carbocycles. The Hall–Kier alpha value is -4.60. The van der Waals surface area contributed by atoms with E-state index in [4.69, 9.17) is 0 Å². The lowest BCUT2D eigenvalue weighted by Gasteiger charge is -2.44. The molecule has 4 saturated heterocycles. The first-order valence-electron chi connectivity index (χ1n) is 20.0. The maximum Gasteiger partial charge on any atom is 0.234 e. The molecule has 0 radical (unpaired) electrons. The number of piperidine rings is 2. The highest BCUT2D eigenvalue weighted by Crippen LogP contribution is 2.59. The quantitative estimate of drug-likeness (QED) is 0.248. The molecule has 9 nitrogen and oxygen atoms in total. The first-order valence-corrected chi connectivity index (χ1v) is 20.0. The van der Waals surface area contributed by atoms with Crippen molar-refractivity contribution in [1.29, 1.82) is 0 Å². The summed E-state index contributed by atoms with van der Waals surface area (Å²) in [5, 5.41) is 11.5. The standard InChI is InChI=1S/C45H50N4O5/c1-28-9-8-14-34(41(28)50)38-33-15-16-35-39(44(53)48(42(35)51)31-17-21-46(22-18-31)26-29-10-4-2-5-11-29)36(33)25-37-40(38)45(54)49(43(37)52)32-19-23-47(24-20-32)27-30-12-6-3-7-13-30/h2-15,31-32,35-40,50H,16-27H2,1H3/t35-,36+,37+,38+,39-,40+/m0/s1. The van der Waals surface area contributed by atoms with Crippen LogP contribution in [0.5, 0.6) is 5.75 Å². The Kier molecular flexibility index (Phi) is 9.26. The molecule has 9 rings (SSSR count). The molecule has 6 atom stereocenters. The van der Waals surface area contributed by atoms with Crippen LogP contribution in [0.15, 0.2) is 90.5 Å². The second kappa shape index (κ2) is 14.2. The summed E-state index contributed by atoms with van der Waals surface area (Å²) in [6.07, 6.45) is 5.80. The number of allylic oxidation sites excluding steroid dienone is 2. The number of para-hydroxylation sites is 1. The number of imide groups is 2. The number of amides is 4. The average molecular weight is 727 g/mol. The zero-order chi connectivity index (χ0) is 37.1. The van der Waals surface area contributed by atoms with E-state index in [1.807, 2.05) is 49.4 Å². The smallest absolute Gasteiger partial charge is 0.234 e. The molecule has 5 fully saturated rings.